The quantitative estimate of drug-likeness (QED) is 0.894. The molecule has 1 fully saturated rings. The Morgan fingerprint density at radius 1 is 1.56 bits per heavy atom. The first-order chi connectivity index (χ1) is 8.35. The zero-order valence-corrected chi connectivity index (χ0v) is 12.1. The van der Waals surface area contributed by atoms with Gasteiger partial charge in [0.05, 0.1) is 17.8 Å². The van der Waals surface area contributed by atoms with Crippen molar-refractivity contribution in [2.45, 2.75) is 19.4 Å². The highest BCUT2D eigenvalue weighted by Gasteiger charge is 2.37. The molecule has 1 aliphatic heterocycles. The van der Waals surface area contributed by atoms with Gasteiger partial charge in [-0.15, -0.1) is 0 Å². The number of aliphatic hydroxyl groups is 1. The number of anilines is 1. The van der Waals surface area contributed by atoms with Crippen molar-refractivity contribution in [2.24, 2.45) is 0 Å². The van der Waals surface area contributed by atoms with Gasteiger partial charge < -0.3 is 10.4 Å². The van der Waals surface area contributed by atoms with Crippen molar-refractivity contribution in [1.82, 2.24) is 4.90 Å². The zero-order chi connectivity index (χ0) is 13.3. The SMILES string of the molecule is Cc1ccc(NC(=O)CN2CC(C)(O)C2)c(Br)c1. The molecule has 0 atom stereocenters. The predicted molar refractivity (Wildman–Crippen MR) is 74.6 cm³/mol. The molecule has 2 N–H and O–H groups in total. The van der Waals surface area contributed by atoms with E-state index in [4.69, 9.17) is 0 Å². The molecule has 1 aromatic rings. The molecular formula is C13H17BrN2O2. The van der Waals surface area contributed by atoms with E-state index in [0.29, 0.717) is 19.6 Å². The minimum absolute atomic E-state index is 0.0601. The fourth-order valence-electron chi connectivity index (χ4n) is 2.14. The predicted octanol–water partition coefficient (Wildman–Crippen LogP) is 1.76. The van der Waals surface area contributed by atoms with Gasteiger partial charge in [-0.25, -0.2) is 0 Å². The van der Waals surface area contributed by atoms with Crippen LogP contribution in [0.15, 0.2) is 22.7 Å². The minimum Gasteiger partial charge on any atom is -0.388 e. The van der Waals surface area contributed by atoms with Crippen molar-refractivity contribution >= 4 is 27.5 Å². The number of likely N-dealkylation sites (tertiary alicyclic amines) is 1. The second-order valence-corrected chi connectivity index (χ2v) is 6.03. The lowest BCUT2D eigenvalue weighted by molar-refractivity contribution is -0.125. The molecule has 0 saturated carbocycles. The van der Waals surface area contributed by atoms with Crippen LogP contribution in [0.25, 0.3) is 0 Å². The summed E-state index contributed by atoms with van der Waals surface area (Å²) in [4.78, 5) is 13.7. The van der Waals surface area contributed by atoms with Gasteiger partial charge in [0.1, 0.15) is 0 Å². The van der Waals surface area contributed by atoms with Crippen LogP contribution in [0.1, 0.15) is 12.5 Å². The number of carbonyl (C=O) groups is 1. The van der Waals surface area contributed by atoms with Crippen LogP contribution >= 0.6 is 15.9 Å². The molecule has 2 rings (SSSR count). The van der Waals surface area contributed by atoms with Crippen molar-refractivity contribution in [2.75, 3.05) is 25.0 Å². The Morgan fingerprint density at radius 2 is 2.22 bits per heavy atom. The van der Waals surface area contributed by atoms with Crippen molar-refractivity contribution in [3.05, 3.63) is 28.2 Å². The van der Waals surface area contributed by atoms with Gasteiger partial charge in [0, 0.05) is 17.6 Å². The standard InChI is InChI=1S/C13H17BrN2O2/c1-9-3-4-11(10(14)5-9)15-12(17)6-16-7-13(2,18)8-16/h3-5,18H,6-8H2,1-2H3,(H,15,17). The van der Waals surface area contributed by atoms with E-state index in [2.05, 4.69) is 21.2 Å². The van der Waals surface area contributed by atoms with Crippen molar-refractivity contribution < 1.29 is 9.90 Å². The topological polar surface area (TPSA) is 52.6 Å². The second-order valence-electron chi connectivity index (χ2n) is 5.17. The number of nitrogens with one attached hydrogen (secondary N) is 1. The lowest BCUT2D eigenvalue weighted by Gasteiger charge is -2.43. The van der Waals surface area contributed by atoms with Gasteiger partial charge in [0.25, 0.3) is 0 Å². The molecule has 0 aliphatic carbocycles. The molecule has 1 aliphatic rings. The molecule has 1 saturated heterocycles. The fraction of sp³-hybridized carbons (Fsp3) is 0.462. The normalized spacial score (nSPS) is 18.2. The van der Waals surface area contributed by atoms with Gasteiger partial charge in [-0.1, -0.05) is 6.07 Å². The summed E-state index contributed by atoms with van der Waals surface area (Å²) in [5, 5.41) is 12.4. The Balaban J connectivity index is 1.88. The summed E-state index contributed by atoms with van der Waals surface area (Å²) in [5.41, 5.74) is 1.28. The van der Waals surface area contributed by atoms with Crippen LogP contribution in [0.3, 0.4) is 0 Å². The first kappa shape index (κ1) is 13.5. The molecule has 0 bridgehead atoms. The van der Waals surface area contributed by atoms with E-state index in [1.54, 1.807) is 6.92 Å². The van der Waals surface area contributed by atoms with Gasteiger partial charge >= 0.3 is 0 Å². The van der Waals surface area contributed by atoms with E-state index in [9.17, 15) is 9.90 Å². The van der Waals surface area contributed by atoms with Gasteiger partial charge in [0.2, 0.25) is 5.91 Å². The van der Waals surface area contributed by atoms with Crippen LogP contribution in [-0.2, 0) is 4.79 Å². The third-order valence-electron chi connectivity index (χ3n) is 2.89. The summed E-state index contributed by atoms with van der Waals surface area (Å²) in [6.07, 6.45) is 0. The summed E-state index contributed by atoms with van der Waals surface area (Å²) in [5.74, 6) is -0.0601. The average Bonchev–Trinajstić information content (AvgIpc) is 2.19. The molecule has 1 aromatic carbocycles. The Hall–Kier alpha value is -0.910. The van der Waals surface area contributed by atoms with Gasteiger partial charge in [-0.05, 0) is 47.5 Å². The molecule has 0 spiro atoms. The number of rotatable bonds is 3. The number of nitrogens with zero attached hydrogens (tertiary/aromatic N) is 1. The number of hydrogen-bond acceptors (Lipinski definition) is 3. The third kappa shape index (κ3) is 3.31. The monoisotopic (exact) mass is 312 g/mol. The lowest BCUT2D eigenvalue weighted by atomic mass is 9.97. The number of aryl methyl sites for hydroxylation is 1. The third-order valence-corrected chi connectivity index (χ3v) is 3.55. The van der Waals surface area contributed by atoms with E-state index >= 15 is 0 Å². The molecule has 1 heterocycles. The minimum atomic E-state index is -0.634. The number of hydrogen-bond donors (Lipinski definition) is 2. The Bertz CT molecular complexity index is 466. The van der Waals surface area contributed by atoms with Crippen molar-refractivity contribution in [1.29, 1.82) is 0 Å². The summed E-state index contributed by atoms with van der Waals surface area (Å²) >= 11 is 3.42. The highest BCUT2D eigenvalue weighted by Crippen LogP contribution is 2.24. The molecule has 98 valence electrons. The molecule has 5 heteroatoms. The molecular weight excluding hydrogens is 296 g/mol. The number of carbonyl (C=O) groups excluding carboxylic acids is 1. The van der Waals surface area contributed by atoms with E-state index in [1.807, 2.05) is 30.0 Å². The Morgan fingerprint density at radius 3 is 2.78 bits per heavy atom. The molecule has 0 unspecified atom stereocenters. The average molecular weight is 313 g/mol. The highest BCUT2D eigenvalue weighted by atomic mass is 79.9. The maximum absolute atomic E-state index is 11.8. The Labute approximate surface area is 115 Å². The number of benzene rings is 1. The van der Waals surface area contributed by atoms with Crippen LogP contribution in [0.2, 0.25) is 0 Å². The number of β-amino-alcohol motifs (C(OH)–C–C–N with tert-alkyl or cyclic N) is 1. The van der Waals surface area contributed by atoms with Gasteiger partial charge in [-0.2, -0.15) is 0 Å². The largest absolute Gasteiger partial charge is 0.388 e. The number of amides is 1. The highest BCUT2D eigenvalue weighted by molar-refractivity contribution is 9.10. The summed E-state index contributed by atoms with van der Waals surface area (Å²) in [7, 11) is 0. The molecule has 1 amide bonds. The second kappa shape index (κ2) is 4.99. The molecule has 4 nitrogen and oxygen atoms in total. The number of halogens is 1. The molecule has 18 heavy (non-hydrogen) atoms. The Kier molecular flexibility index (Phi) is 3.75. The van der Waals surface area contributed by atoms with Crippen LogP contribution in [0.4, 0.5) is 5.69 Å². The van der Waals surface area contributed by atoms with E-state index < -0.39 is 5.60 Å². The first-order valence-corrected chi connectivity index (χ1v) is 6.66. The van der Waals surface area contributed by atoms with Crippen LogP contribution in [0.5, 0.6) is 0 Å². The lowest BCUT2D eigenvalue weighted by Crippen LogP contribution is -2.61. The van der Waals surface area contributed by atoms with Gasteiger partial charge in [-0.3, -0.25) is 9.69 Å². The smallest absolute Gasteiger partial charge is 0.238 e. The molecule has 0 aromatic heterocycles. The van der Waals surface area contributed by atoms with Crippen LogP contribution in [0, 0.1) is 6.92 Å². The zero-order valence-electron chi connectivity index (χ0n) is 10.5. The fourth-order valence-corrected chi connectivity index (χ4v) is 2.74. The van der Waals surface area contributed by atoms with Crippen molar-refractivity contribution in [3.8, 4) is 0 Å². The van der Waals surface area contributed by atoms with E-state index in [0.717, 1.165) is 15.7 Å². The van der Waals surface area contributed by atoms with Crippen LogP contribution < -0.4 is 5.32 Å². The first-order valence-electron chi connectivity index (χ1n) is 5.86. The summed E-state index contributed by atoms with van der Waals surface area (Å²) < 4.78 is 0.881. The van der Waals surface area contributed by atoms with Crippen molar-refractivity contribution in [3.63, 3.8) is 0 Å². The summed E-state index contributed by atoms with van der Waals surface area (Å²) in [6.45, 7) is 5.19. The molecule has 0 radical (unpaired) electrons. The van der Waals surface area contributed by atoms with E-state index in [-0.39, 0.29) is 5.91 Å². The maximum Gasteiger partial charge on any atom is 0.238 e. The van der Waals surface area contributed by atoms with Gasteiger partial charge in [0.15, 0.2) is 0 Å². The van der Waals surface area contributed by atoms with Crippen LogP contribution in [-0.4, -0.2) is 41.1 Å². The van der Waals surface area contributed by atoms with E-state index in [1.165, 1.54) is 0 Å². The summed E-state index contributed by atoms with van der Waals surface area (Å²) in [6, 6.07) is 5.79. The maximum atomic E-state index is 11.8.